The number of ether oxygens (including phenoxy) is 1. The first-order valence-electron chi connectivity index (χ1n) is 13.8. The smallest absolute Gasteiger partial charge is 0.408 e. The molecule has 3 rings (SSSR count). The predicted octanol–water partition coefficient (Wildman–Crippen LogP) is 2.35. The summed E-state index contributed by atoms with van der Waals surface area (Å²) >= 11 is 0. The molecule has 0 heterocycles. The predicted molar refractivity (Wildman–Crippen MR) is 159 cm³/mol. The molecule has 11 nitrogen and oxygen atoms in total. The highest BCUT2D eigenvalue weighted by Gasteiger charge is 2.30. The molecule has 3 aromatic rings. The summed E-state index contributed by atoms with van der Waals surface area (Å²) in [7, 11) is 0. The highest BCUT2D eigenvalue weighted by Crippen LogP contribution is 2.08. The lowest BCUT2D eigenvalue weighted by molar-refractivity contribution is -0.141. The molecule has 0 aliphatic carbocycles. The van der Waals surface area contributed by atoms with Gasteiger partial charge >= 0.3 is 12.1 Å². The van der Waals surface area contributed by atoms with Gasteiger partial charge < -0.3 is 31.1 Å². The number of nitrogens with one attached hydrogen (secondary N) is 4. The summed E-state index contributed by atoms with van der Waals surface area (Å²) in [6.07, 6.45) is -0.626. The number of alkyl carbamates (subject to hydrolysis) is 1. The van der Waals surface area contributed by atoms with Crippen LogP contribution in [-0.4, -0.2) is 59.1 Å². The van der Waals surface area contributed by atoms with Crippen molar-refractivity contribution in [1.82, 2.24) is 21.3 Å². The third kappa shape index (κ3) is 11.0. The average molecular weight is 589 g/mol. The van der Waals surface area contributed by atoms with E-state index in [1.165, 1.54) is 13.8 Å². The van der Waals surface area contributed by atoms with E-state index in [0.29, 0.717) is 0 Å². The van der Waals surface area contributed by atoms with E-state index < -0.39 is 54.0 Å². The molecule has 0 bridgehead atoms. The lowest BCUT2D eigenvalue weighted by Gasteiger charge is -2.25. The van der Waals surface area contributed by atoms with Gasteiger partial charge in [0, 0.05) is 12.8 Å². The monoisotopic (exact) mass is 588 g/mol. The third-order valence-electron chi connectivity index (χ3n) is 6.50. The number of carboxylic acids is 1. The molecule has 11 heteroatoms. The van der Waals surface area contributed by atoms with Crippen LogP contribution in [0.2, 0.25) is 0 Å². The van der Waals surface area contributed by atoms with Crippen molar-refractivity contribution in [2.75, 3.05) is 0 Å². The molecular weight excluding hydrogens is 552 g/mol. The Bertz CT molecular complexity index is 1370. The van der Waals surface area contributed by atoms with Crippen molar-refractivity contribution >= 4 is 29.8 Å². The van der Waals surface area contributed by atoms with Crippen LogP contribution in [0.5, 0.6) is 0 Å². The standard InChI is InChI=1S/C32H36N4O7/c1-21(34-32(42)43-20-25-16-10-5-11-17-25)28(37)35-27(19-24-14-8-4-9-15-24)30(39)36-26(18-23-12-6-3-7-13-23)29(38)33-22(2)31(40)41/h3-17,21-22,26-27H,18-20H2,1-2H3,(H,33,38)(H,34,42)(H,35,37)(H,36,39)(H,40,41). The molecule has 0 saturated heterocycles. The number of benzene rings is 3. The Balaban J connectivity index is 1.72. The Morgan fingerprint density at radius 1 is 0.581 bits per heavy atom. The summed E-state index contributed by atoms with van der Waals surface area (Å²) in [4.78, 5) is 63.3. The minimum atomic E-state index is -1.23. The van der Waals surface area contributed by atoms with Crippen LogP contribution in [0.1, 0.15) is 30.5 Å². The van der Waals surface area contributed by atoms with Crippen LogP contribution in [0.3, 0.4) is 0 Å². The van der Waals surface area contributed by atoms with Crippen LogP contribution in [0, 0.1) is 0 Å². The van der Waals surface area contributed by atoms with E-state index in [4.69, 9.17) is 4.74 Å². The van der Waals surface area contributed by atoms with Crippen molar-refractivity contribution in [2.45, 2.75) is 57.5 Å². The van der Waals surface area contributed by atoms with Gasteiger partial charge in [-0.15, -0.1) is 0 Å². The Morgan fingerprint density at radius 3 is 1.47 bits per heavy atom. The second kappa shape index (κ2) is 16.3. The van der Waals surface area contributed by atoms with E-state index in [2.05, 4.69) is 21.3 Å². The first-order valence-corrected chi connectivity index (χ1v) is 13.8. The highest BCUT2D eigenvalue weighted by atomic mass is 16.5. The number of carbonyl (C=O) groups is 5. The molecule has 0 spiro atoms. The maximum absolute atomic E-state index is 13.6. The number of hydrogen-bond donors (Lipinski definition) is 5. The summed E-state index contributed by atoms with van der Waals surface area (Å²) in [5, 5.41) is 19.5. The van der Waals surface area contributed by atoms with Crippen molar-refractivity contribution in [3.63, 3.8) is 0 Å². The van der Waals surface area contributed by atoms with Crippen molar-refractivity contribution in [3.8, 4) is 0 Å². The molecule has 0 aromatic heterocycles. The summed E-state index contributed by atoms with van der Waals surface area (Å²) in [5.41, 5.74) is 2.26. The van der Waals surface area contributed by atoms with Crippen LogP contribution >= 0.6 is 0 Å². The molecule has 4 atom stereocenters. The van der Waals surface area contributed by atoms with E-state index in [9.17, 15) is 29.1 Å². The molecule has 5 N–H and O–H groups in total. The van der Waals surface area contributed by atoms with Gasteiger partial charge in [-0.3, -0.25) is 19.2 Å². The molecule has 3 aromatic carbocycles. The molecule has 0 saturated carbocycles. The van der Waals surface area contributed by atoms with Crippen LogP contribution in [0.25, 0.3) is 0 Å². The second-order valence-electron chi connectivity index (χ2n) is 10.00. The van der Waals surface area contributed by atoms with Gasteiger partial charge in [0.1, 0.15) is 30.8 Å². The summed E-state index contributed by atoms with van der Waals surface area (Å²) in [5.74, 6) is -3.21. The number of carbonyl (C=O) groups excluding carboxylic acids is 4. The second-order valence-corrected chi connectivity index (χ2v) is 10.00. The van der Waals surface area contributed by atoms with Gasteiger partial charge in [0.15, 0.2) is 0 Å². The molecule has 226 valence electrons. The SMILES string of the molecule is CC(NC(=O)C(Cc1ccccc1)NC(=O)C(Cc1ccccc1)NC(=O)C(C)NC(=O)OCc1ccccc1)C(=O)O. The van der Waals surface area contributed by atoms with Crippen molar-refractivity contribution in [2.24, 2.45) is 0 Å². The quantitative estimate of drug-likeness (QED) is 0.193. The normalized spacial score (nSPS) is 13.3. The fourth-order valence-electron chi connectivity index (χ4n) is 4.07. The van der Waals surface area contributed by atoms with Crippen LogP contribution in [0.15, 0.2) is 91.0 Å². The molecule has 43 heavy (non-hydrogen) atoms. The number of carboxylic acid groups (broad SMARTS) is 1. The van der Waals surface area contributed by atoms with Gasteiger partial charge in [-0.2, -0.15) is 0 Å². The number of hydrogen-bond acceptors (Lipinski definition) is 6. The molecule has 0 aliphatic rings. The first-order chi connectivity index (χ1) is 20.6. The highest BCUT2D eigenvalue weighted by molar-refractivity contribution is 5.94. The van der Waals surface area contributed by atoms with Gasteiger partial charge in [-0.1, -0.05) is 91.0 Å². The van der Waals surface area contributed by atoms with E-state index in [1.807, 2.05) is 30.3 Å². The topological polar surface area (TPSA) is 163 Å². The summed E-state index contributed by atoms with van der Waals surface area (Å²) < 4.78 is 5.19. The van der Waals surface area contributed by atoms with Crippen LogP contribution < -0.4 is 21.3 Å². The molecule has 0 radical (unpaired) electrons. The lowest BCUT2D eigenvalue weighted by atomic mass is 10.0. The Hall–Kier alpha value is -5.19. The van der Waals surface area contributed by atoms with Gasteiger partial charge in [-0.05, 0) is 30.5 Å². The number of amides is 4. The molecule has 4 amide bonds. The van der Waals surface area contributed by atoms with Gasteiger partial charge in [0.2, 0.25) is 17.7 Å². The molecule has 0 aliphatic heterocycles. The molecular formula is C32H36N4O7. The fourth-order valence-corrected chi connectivity index (χ4v) is 4.07. The average Bonchev–Trinajstić information content (AvgIpc) is 3.00. The van der Waals surface area contributed by atoms with Crippen molar-refractivity contribution in [3.05, 3.63) is 108 Å². The maximum atomic E-state index is 13.6. The van der Waals surface area contributed by atoms with E-state index in [-0.39, 0.29) is 19.4 Å². The lowest BCUT2D eigenvalue weighted by Crippen LogP contribution is -2.58. The minimum absolute atomic E-state index is 0.0193. The Kier molecular flexibility index (Phi) is 12.3. The third-order valence-corrected chi connectivity index (χ3v) is 6.50. The van der Waals surface area contributed by atoms with Crippen LogP contribution in [0.4, 0.5) is 4.79 Å². The van der Waals surface area contributed by atoms with Gasteiger partial charge in [0.25, 0.3) is 0 Å². The summed E-state index contributed by atoms with van der Waals surface area (Å²) in [6.45, 7) is 2.79. The largest absolute Gasteiger partial charge is 0.480 e. The Labute approximate surface area is 250 Å². The van der Waals surface area contributed by atoms with Crippen molar-refractivity contribution in [1.29, 1.82) is 0 Å². The van der Waals surface area contributed by atoms with E-state index >= 15 is 0 Å². The number of aliphatic carboxylic acids is 1. The molecule has 4 unspecified atom stereocenters. The Morgan fingerprint density at radius 2 is 1.00 bits per heavy atom. The van der Waals surface area contributed by atoms with E-state index in [0.717, 1.165) is 16.7 Å². The van der Waals surface area contributed by atoms with Gasteiger partial charge in [0.05, 0.1) is 0 Å². The zero-order valence-electron chi connectivity index (χ0n) is 24.0. The van der Waals surface area contributed by atoms with Gasteiger partial charge in [-0.25, -0.2) is 4.79 Å². The van der Waals surface area contributed by atoms with Crippen LogP contribution in [-0.2, 0) is 43.4 Å². The maximum Gasteiger partial charge on any atom is 0.408 e. The molecule has 0 fully saturated rings. The summed E-state index contributed by atoms with van der Waals surface area (Å²) in [6, 6.07) is 22.5. The number of rotatable bonds is 14. The zero-order valence-corrected chi connectivity index (χ0v) is 24.0. The van der Waals surface area contributed by atoms with E-state index in [1.54, 1.807) is 60.7 Å². The van der Waals surface area contributed by atoms with Crippen molar-refractivity contribution < 1.29 is 33.8 Å². The first kappa shape index (κ1) is 32.3. The minimum Gasteiger partial charge on any atom is -0.480 e. The zero-order chi connectivity index (χ0) is 31.2. The fraction of sp³-hybridized carbons (Fsp3) is 0.281.